The number of amides is 1. The van der Waals surface area contributed by atoms with E-state index in [1.54, 1.807) is 13.8 Å². The second kappa shape index (κ2) is 13.3. The summed E-state index contributed by atoms with van der Waals surface area (Å²) in [7, 11) is 0. The van der Waals surface area contributed by atoms with Gasteiger partial charge in [0.1, 0.15) is 0 Å². The maximum Gasteiger partial charge on any atom is 0.410 e. The summed E-state index contributed by atoms with van der Waals surface area (Å²) < 4.78 is 22.0. The van der Waals surface area contributed by atoms with Crippen LogP contribution >= 0.6 is 0 Å². The molecule has 1 aromatic carbocycles. The fraction of sp³-hybridized carbons (Fsp3) is 0.640. The van der Waals surface area contributed by atoms with Gasteiger partial charge in [-0.05, 0) is 37.7 Å². The minimum Gasteiger partial charge on any atom is -0.481 e. The van der Waals surface area contributed by atoms with Crippen molar-refractivity contribution >= 4 is 18.0 Å². The molecule has 0 saturated heterocycles. The Hall–Kier alpha value is -2.65. The number of hydrogen-bond acceptors (Lipinski definition) is 7. The molecule has 9 nitrogen and oxygen atoms in total. The molecule has 1 aliphatic carbocycles. The lowest BCUT2D eigenvalue weighted by Crippen LogP contribution is -2.49. The first-order valence-corrected chi connectivity index (χ1v) is 11.9. The fourth-order valence-corrected chi connectivity index (χ4v) is 4.42. The molecule has 2 N–H and O–H groups in total. The molecule has 2 rings (SSSR count). The molecule has 1 saturated carbocycles. The molecule has 0 aliphatic heterocycles. The van der Waals surface area contributed by atoms with Crippen molar-refractivity contribution in [3.8, 4) is 0 Å². The van der Waals surface area contributed by atoms with E-state index in [4.69, 9.17) is 18.9 Å². The Kier molecular flexibility index (Phi) is 10.8. The van der Waals surface area contributed by atoms with Crippen LogP contribution in [-0.2, 0) is 35.0 Å². The van der Waals surface area contributed by atoms with Gasteiger partial charge < -0.3 is 29.4 Å². The average molecular weight is 480 g/mol. The normalized spacial score (nSPS) is 16.3. The number of rotatable bonds is 13. The molecular weight excluding hydrogens is 442 g/mol. The Morgan fingerprint density at radius 2 is 1.65 bits per heavy atom. The van der Waals surface area contributed by atoms with Crippen molar-refractivity contribution < 1.29 is 38.4 Å². The van der Waals surface area contributed by atoms with E-state index in [0.29, 0.717) is 0 Å². The molecule has 9 heteroatoms. The van der Waals surface area contributed by atoms with E-state index >= 15 is 0 Å². The summed E-state index contributed by atoms with van der Waals surface area (Å²) in [6.45, 7) is 5.53. The second-order valence-corrected chi connectivity index (χ2v) is 8.64. The predicted octanol–water partition coefficient (Wildman–Crippen LogP) is 4.04. The highest BCUT2D eigenvalue weighted by Gasteiger charge is 2.44. The number of benzene rings is 1. The third-order valence-corrected chi connectivity index (χ3v) is 5.94. The number of carbonyl (C=O) groups is 3. The fourth-order valence-electron chi connectivity index (χ4n) is 4.42. The number of esters is 1. The number of nitrogens with one attached hydrogen (secondary N) is 1. The summed E-state index contributed by atoms with van der Waals surface area (Å²) >= 11 is 0. The largest absolute Gasteiger partial charge is 0.481 e. The van der Waals surface area contributed by atoms with Crippen molar-refractivity contribution in [2.45, 2.75) is 77.8 Å². The van der Waals surface area contributed by atoms with Crippen molar-refractivity contribution in [2.24, 2.45) is 5.41 Å². The van der Waals surface area contributed by atoms with Crippen molar-refractivity contribution in [3.63, 3.8) is 0 Å². The van der Waals surface area contributed by atoms with Crippen LogP contribution in [0.25, 0.3) is 0 Å². The predicted molar refractivity (Wildman–Crippen MR) is 124 cm³/mol. The molecule has 1 amide bonds. The number of alkyl carbamates (subject to hydrolysis) is 1. The summed E-state index contributed by atoms with van der Waals surface area (Å²) in [5, 5.41) is 11.9. The van der Waals surface area contributed by atoms with Crippen LogP contribution in [0.1, 0.15) is 64.9 Å². The number of carbonyl (C=O) groups excluding carboxylic acids is 2. The van der Waals surface area contributed by atoms with Gasteiger partial charge in [0.2, 0.25) is 6.29 Å². The number of carboxylic acid groups (broad SMARTS) is 1. The Morgan fingerprint density at radius 1 is 1.03 bits per heavy atom. The lowest BCUT2D eigenvalue weighted by molar-refractivity contribution is -0.256. The van der Waals surface area contributed by atoms with Crippen LogP contribution < -0.4 is 5.32 Å². The van der Waals surface area contributed by atoms with Crippen molar-refractivity contribution in [2.75, 3.05) is 19.8 Å². The SMILES string of the molecule is CCOC(Cc1ccccc1)(OCC)C(=O)OC(C)OC(=O)NCC1(CC(=O)O)CCCCC1. The van der Waals surface area contributed by atoms with E-state index in [2.05, 4.69) is 5.32 Å². The number of aliphatic carboxylic acids is 1. The van der Waals surface area contributed by atoms with E-state index < -0.39 is 35.5 Å². The standard InChI is InChI=1S/C25H37NO8/c1-4-31-25(32-5-2,16-20-12-8-6-9-13-20)22(29)33-19(3)34-23(30)26-18-24(17-21(27)28)14-10-7-11-15-24/h6,8-9,12-13,19H,4-5,7,10-11,14-18H2,1-3H3,(H,26,30)(H,27,28). The number of hydrogen-bond donors (Lipinski definition) is 2. The molecule has 1 atom stereocenters. The molecule has 0 radical (unpaired) electrons. The lowest BCUT2D eigenvalue weighted by atomic mass is 9.72. The first kappa shape index (κ1) is 27.6. The van der Waals surface area contributed by atoms with Crippen LogP contribution in [-0.4, -0.2) is 55.0 Å². The number of ether oxygens (including phenoxy) is 4. The Balaban J connectivity index is 1.98. The third kappa shape index (κ3) is 8.29. The number of carboxylic acids is 1. The summed E-state index contributed by atoms with van der Waals surface area (Å²) in [5.74, 6) is -3.36. The minimum absolute atomic E-state index is 0.0114. The second-order valence-electron chi connectivity index (χ2n) is 8.64. The molecule has 0 bridgehead atoms. The maximum atomic E-state index is 13.1. The molecule has 190 valence electrons. The maximum absolute atomic E-state index is 13.1. The summed E-state index contributed by atoms with van der Waals surface area (Å²) in [5.41, 5.74) is 0.335. The van der Waals surface area contributed by atoms with Crippen LogP contribution in [0, 0.1) is 5.41 Å². The third-order valence-electron chi connectivity index (χ3n) is 5.94. The van der Waals surface area contributed by atoms with Crippen LogP contribution in [0.4, 0.5) is 4.79 Å². The molecule has 34 heavy (non-hydrogen) atoms. The van der Waals surface area contributed by atoms with Gasteiger partial charge in [-0.25, -0.2) is 9.59 Å². The van der Waals surface area contributed by atoms with Gasteiger partial charge in [-0.2, -0.15) is 0 Å². The van der Waals surface area contributed by atoms with Gasteiger partial charge in [0, 0.05) is 33.1 Å². The van der Waals surface area contributed by atoms with Gasteiger partial charge in [-0.3, -0.25) is 4.79 Å². The van der Waals surface area contributed by atoms with E-state index in [-0.39, 0.29) is 32.6 Å². The van der Waals surface area contributed by atoms with Crippen LogP contribution in [0.15, 0.2) is 30.3 Å². The quantitative estimate of drug-likeness (QED) is 0.321. The van der Waals surface area contributed by atoms with Gasteiger partial charge in [-0.1, -0.05) is 49.6 Å². The van der Waals surface area contributed by atoms with Gasteiger partial charge in [-0.15, -0.1) is 0 Å². The lowest BCUT2D eigenvalue weighted by Gasteiger charge is -2.36. The van der Waals surface area contributed by atoms with Crippen LogP contribution in [0.5, 0.6) is 0 Å². The molecule has 0 aromatic heterocycles. The minimum atomic E-state index is -1.67. The van der Waals surface area contributed by atoms with Gasteiger partial charge in [0.25, 0.3) is 5.79 Å². The zero-order valence-electron chi connectivity index (χ0n) is 20.3. The zero-order chi connectivity index (χ0) is 25.0. The molecule has 1 unspecified atom stereocenters. The van der Waals surface area contributed by atoms with Crippen molar-refractivity contribution in [1.29, 1.82) is 0 Å². The highest BCUT2D eigenvalue weighted by molar-refractivity contribution is 5.78. The summed E-state index contributed by atoms with van der Waals surface area (Å²) in [6, 6.07) is 9.27. The zero-order valence-corrected chi connectivity index (χ0v) is 20.3. The molecule has 1 aliphatic rings. The summed E-state index contributed by atoms with van der Waals surface area (Å²) in [6.07, 6.45) is 2.51. The van der Waals surface area contributed by atoms with Crippen LogP contribution in [0.2, 0.25) is 0 Å². The topological polar surface area (TPSA) is 120 Å². The Bertz CT molecular complexity index is 785. The van der Waals surface area contributed by atoms with Crippen molar-refractivity contribution in [3.05, 3.63) is 35.9 Å². The van der Waals surface area contributed by atoms with Gasteiger partial charge >= 0.3 is 18.0 Å². The molecule has 1 aromatic rings. The highest BCUT2D eigenvalue weighted by atomic mass is 16.8. The smallest absolute Gasteiger partial charge is 0.410 e. The molecular formula is C25H37NO8. The van der Waals surface area contributed by atoms with E-state index in [0.717, 1.165) is 37.7 Å². The van der Waals surface area contributed by atoms with E-state index in [1.165, 1.54) is 6.92 Å². The molecule has 0 spiro atoms. The Labute approximate surface area is 201 Å². The Morgan fingerprint density at radius 3 is 2.21 bits per heavy atom. The first-order chi connectivity index (χ1) is 16.2. The first-order valence-electron chi connectivity index (χ1n) is 11.9. The van der Waals surface area contributed by atoms with Gasteiger partial charge in [0.05, 0.1) is 6.42 Å². The van der Waals surface area contributed by atoms with E-state index in [1.807, 2.05) is 30.3 Å². The highest BCUT2D eigenvalue weighted by Crippen LogP contribution is 2.38. The molecule has 1 fully saturated rings. The average Bonchev–Trinajstić information content (AvgIpc) is 2.79. The monoisotopic (exact) mass is 479 g/mol. The van der Waals surface area contributed by atoms with Crippen LogP contribution in [0.3, 0.4) is 0 Å². The molecule has 0 heterocycles. The van der Waals surface area contributed by atoms with E-state index in [9.17, 15) is 19.5 Å². The van der Waals surface area contributed by atoms with Crippen molar-refractivity contribution in [1.82, 2.24) is 5.32 Å². The van der Waals surface area contributed by atoms with Gasteiger partial charge in [0.15, 0.2) is 0 Å². The summed E-state index contributed by atoms with van der Waals surface area (Å²) in [4.78, 5) is 36.8.